The highest BCUT2D eigenvalue weighted by molar-refractivity contribution is 6.31. The van der Waals surface area contributed by atoms with E-state index in [1.54, 1.807) is 42.5 Å². The van der Waals surface area contributed by atoms with Gasteiger partial charge in [-0.05, 0) is 43.2 Å². The summed E-state index contributed by atoms with van der Waals surface area (Å²) < 4.78 is 45.1. The molecule has 2 aromatic rings. The second-order valence-corrected chi connectivity index (χ2v) is 7.37. The molecule has 0 unspecified atom stereocenters. The fourth-order valence-electron chi connectivity index (χ4n) is 3.50. The highest BCUT2D eigenvalue weighted by Gasteiger charge is 2.51. The maximum Gasteiger partial charge on any atom is 0.393 e. The number of hydrogen-bond donors (Lipinski definition) is 2. The fourth-order valence-corrected chi connectivity index (χ4v) is 3.66. The van der Waals surface area contributed by atoms with Gasteiger partial charge in [-0.1, -0.05) is 29.8 Å². The SMILES string of the molecule is Cc1c(Cl)cccc1Oc1ccc([C@@]2(CC(=O)O)C[C@H](C(F)(F)F)CN2)cc1. The van der Waals surface area contributed by atoms with Gasteiger partial charge in [-0.25, -0.2) is 0 Å². The van der Waals surface area contributed by atoms with Gasteiger partial charge < -0.3 is 15.2 Å². The van der Waals surface area contributed by atoms with Gasteiger partial charge in [0, 0.05) is 17.1 Å². The number of benzene rings is 2. The molecule has 2 N–H and O–H groups in total. The Hall–Kier alpha value is -2.25. The molecule has 1 aliphatic heterocycles. The van der Waals surface area contributed by atoms with Crippen molar-refractivity contribution in [2.24, 2.45) is 5.92 Å². The van der Waals surface area contributed by atoms with Crippen molar-refractivity contribution in [1.82, 2.24) is 5.32 Å². The summed E-state index contributed by atoms with van der Waals surface area (Å²) in [7, 11) is 0. The number of ether oxygens (including phenoxy) is 1. The molecule has 0 aliphatic carbocycles. The van der Waals surface area contributed by atoms with Crippen LogP contribution >= 0.6 is 11.6 Å². The standard InChI is InChI=1S/C20H19ClF3NO3/c1-12-16(21)3-2-4-17(12)28-15-7-5-13(6-8-15)19(10-18(26)27)9-14(11-25-19)20(22,23)24/h2-8,14,25H,9-11H2,1H3,(H,26,27)/t14-,19-/m0/s1. The Morgan fingerprint density at radius 2 is 1.96 bits per heavy atom. The molecule has 0 aromatic heterocycles. The Labute approximate surface area is 165 Å². The van der Waals surface area contributed by atoms with E-state index in [1.807, 2.05) is 6.92 Å². The van der Waals surface area contributed by atoms with Crippen LogP contribution in [-0.2, 0) is 10.3 Å². The number of aliphatic carboxylic acids is 1. The van der Waals surface area contributed by atoms with E-state index in [2.05, 4.69) is 5.32 Å². The van der Waals surface area contributed by atoms with Gasteiger partial charge in [0.15, 0.2) is 0 Å². The van der Waals surface area contributed by atoms with Crippen molar-refractivity contribution in [1.29, 1.82) is 0 Å². The lowest BCUT2D eigenvalue weighted by molar-refractivity contribution is -0.170. The first-order valence-electron chi connectivity index (χ1n) is 8.68. The molecule has 8 heteroatoms. The van der Waals surface area contributed by atoms with Gasteiger partial charge in [-0.3, -0.25) is 4.79 Å². The Morgan fingerprint density at radius 1 is 1.29 bits per heavy atom. The normalized spacial score (nSPS) is 22.2. The quantitative estimate of drug-likeness (QED) is 0.700. The lowest BCUT2D eigenvalue weighted by atomic mass is 9.82. The molecule has 1 aliphatic rings. The predicted octanol–water partition coefficient (Wildman–Crippen LogP) is 5.28. The van der Waals surface area contributed by atoms with Crippen molar-refractivity contribution in [3.8, 4) is 11.5 Å². The molecule has 3 rings (SSSR count). The molecule has 1 fully saturated rings. The van der Waals surface area contributed by atoms with Gasteiger partial charge in [0.1, 0.15) is 11.5 Å². The number of nitrogens with one attached hydrogen (secondary N) is 1. The van der Waals surface area contributed by atoms with E-state index in [0.29, 0.717) is 22.1 Å². The number of carboxylic acids is 1. The van der Waals surface area contributed by atoms with Crippen LogP contribution in [0.25, 0.3) is 0 Å². The summed E-state index contributed by atoms with van der Waals surface area (Å²) in [4.78, 5) is 11.3. The molecule has 150 valence electrons. The lowest BCUT2D eigenvalue weighted by Crippen LogP contribution is -2.38. The fraction of sp³-hybridized carbons (Fsp3) is 0.350. The van der Waals surface area contributed by atoms with Crippen molar-refractivity contribution < 1.29 is 27.8 Å². The van der Waals surface area contributed by atoms with Gasteiger partial charge in [0.05, 0.1) is 17.9 Å². The summed E-state index contributed by atoms with van der Waals surface area (Å²) in [6.07, 6.45) is -5.13. The van der Waals surface area contributed by atoms with Crippen molar-refractivity contribution in [3.63, 3.8) is 0 Å². The minimum absolute atomic E-state index is 0.309. The smallest absolute Gasteiger partial charge is 0.393 e. The van der Waals surface area contributed by atoms with Crippen molar-refractivity contribution >= 4 is 17.6 Å². The number of hydrogen-bond acceptors (Lipinski definition) is 3. The molecule has 1 heterocycles. The Morgan fingerprint density at radius 3 is 2.54 bits per heavy atom. The molecule has 0 amide bonds. The number of carboxylic acid groups (broad SMARTS) is 1. The Balaban J connectivity index is 1.85. The van der Waals surface area contributed by atoms with Crippen LogP contribution in [0.3, 0.4) is 0 Å². The average Bonchev–Trinajstić information content (AvgIpc) is 3.04. The van der Waals surface area contributed by atoms with Gasteiger partial charge in [0.2, 0.25) is 0 Å². The zero-order valence-corrected chi connectivity index (χ0v) is 15.8. The van der Waals surface area contributed by atoms with Crippen LogP contribution in [0, 0.1) is 12.8 Å². The van der Waals surface area contributed by atoms with Crippen LogP contribution in [0.1, 0.15) is 24.0 Å². The first kappa shape index (κ1) is 20.5. The molecule has 0 saturated carbocycles. The van der Waals surface area contributed by atoms with Crippen LogP contribution in [-0.4, -0.2) is 23.8 Å². The number of alkyl halides is 3. The minimum Gasteiger partial charge on any atom is -0.481 e. The summed E-state index contributed by atoms with van der Waals surface area (Å²) >= 11 is 6.07. The van der Waals surface area contributed by atoms with Crippen molar-refractivity contribution in [2.75, 3.05) is 6.54 Å². The summed E-state index contributed by atoms with van der Waals surface area (Å²) in [5.41, 5.74) is -0.0193. The van der Waals surface area contributed by atoms with Crippen LogP contribution in [0.2, 0.25) is 5.02 Å². The first-order valence-corrected chi connectivity index (χ1v) is 9.05. The number of carbonyl (C=O) groups is 1. The Kier molecular flexibility index (Phi) is 5.59. The third kappa shape index (κ3) is 4.25. The van der Waals surface area contributed by atoms with Gasteiger partial charge in [0.25, 0.3) is 0 Å². The van der Waals surface area contributed by atoms with Gasteiger partial charge >= 0.3 is 12.1 Å². The second kappa shape index (κ2) is 7.64. The van der Waals surface area contributed by atoms with E-state index in [1.165, 1.54) is 0 Å². The molecule has 0 bridgehead atoms. The van der Waals surface area contributed by atoms with Crippen LogP contribution in [0.4, 0.5) is 13.2 Å². The molecule has 4 nitrogen and oxygen atoms in total. The zero-order valence-electron chi connectivity index (χ0n) is 15.0. The molecule has 28 heavy (non-hydrogen) atoms. The largest absolute Gasteiger partial charge is 0.481 e. The van der Waals surface area contributed by atoms with Crippen molar-refractivity contribution in [2.45, 2.75) is 31.5 Å². The first-order chi connectivity index (χ1) is 13.1. The minimum atomic E-state index is -4.37. The van der Waals surface area contributed by atoms with Gasteiger partial charge in [-0.2, -0.15) is 13.2 Å². The summed E-state index contributed by atoms with van der Waals surface area (Å²) in [5.74, 6) is -1.70. The lowest BCUT2D eigenvalue weighted by Gasteiger charge is -2.29. The predicted molar refractivity (Wildman–Crippen MR) is 98.8 cm³/mol. The second-order valence-electron chi connectivity index (χ2n) is 6.97. The number of halogens is 4. The van der Waals surface area contributed by atoms with Crippen LogP contribution in [0.15, 0.2) is 42.5 Å². The molecule has 1 saturated heterocycles. The molecule has 0 spiro atoms. The zero-order chi connectivity index (χ0) is 20.5. The third-order valence-corrected chi connectivity index (χ3v) is 5.46. The van der Waals surface area contributed by atoms with Crippen molar-refractivity contribution in [3.05, 3.63) is 58.6 Å². The van der Waals surface area contributed by atoms with E-state index < -0.39 is 30.0 Å². The van der Waals surface area contributed by atoms with Crippen LogP contribution < -0.4 is 10.1 Å². The van der Waals surface area contributed by atoms with E-state index in [0.717, 1.165) is 5.56 Å². The summed E-state index contributed by atoms with van der Waals surface area (Å²) in [6, 6.07) is 11.7. The topological polar surface area (TPSA) is 58.6 Å². The summed E-state index contributed by atoms with van der Waals surface area (Å²) in [5, 5.41) is 12.6. The molecular formula is C20H19ClF3NO3. The Bertz CT molecular complexity index is 870. The third-order valence-electron chi connectivity index (χ3n) is 5.05. The van der Waals surface area contributed by atoms with E-state index >= 15 is 0 Å². The summed E-state index contributed by atoms with van der Waals surface area (Å²) in [6.45, 7) is 1.50. The highest BCUT2D eigenvalue weighted by Crippen LogP contribution is 2.44. The van der Waals surface area contributed by atoms with Gasteiger partial charge in [-0.15, -0.1) is 0 Å². The van der Waals surface area contributed by atoms with E-state index in [-0.39, 0.29) is 13.0 Å². The molecule has 0 radical (unpaired) electrons. The maximum absolute atomic E-state index is 13.1. The van der Waals surface area contributed by atoms with E-state index in [9.17, 15) is 23.1 Å². The molecule has 2 aromatic carbocycles. The molecular weight excluding hydrogens is 395 g/mol. The average molecular weight is 414 g/mol. The monoisotopic (exact) mass is 413 g/mol. The number of rotatable bonds is 5. The maximum atomic E-state index is 13.1. The van der Waals surface area contributed by atoms with E-state index in [4.69, 9.17) is 16.3 Å². The highest BCUT2D eigenvalue weighted by atomic mass is 35.5. The van der Waals surface area contributed by atoms with Crippen LogP contribution in [0.5, 0.6) is 11.5 Å². The molecule has 2 atom stereocenters.